The Balaban J connectivity index is 2.39. The molecule has 21 heavy (non-hydrogen) atoms. The maximum atomic E-state index is 13.0. The number of hydrogen-bond donors (Lipinski definition) is 1. The number of nitrogens with one attached hydrogen (secondary N) is 1. The van der Waals surface area contributed by atoms with Gasteiger partial charge in [0, 0.05) is 12.1 Å². The van der Waals surface area contributed by atoms with Crippen LogP contribution in [0, 0.1) is 11.3 Å². The summed E-state index contributed by atoms with van der Waals surface area (Å²) in [4.78, 5) is 27.4. The van der Waals surface area contributed by atoms with Crippen molar-refractivity contribution in [1.82, 2.24) is 10.2 Å². The van der Waals surface area contributed by atoms with Crippen LogP contribution in [-0.2, 0) is 9.59 Å². The van der Waals surface area contributed by atoms with Gasteiger partial charge in [0.2, 0.25) is 11.8 Å². The maximum Gasteiger partial charge on any atom is 0.246 e. The summed E-state index contributed by atoms with van der Waals surface area (Å²) in [5.41, 5.74) is 1.31. The van der Waals surface area contributed by atoms with Crippen LogP contribution < -0.4 is 5.32 Å². The van der Waals surface area contributed by atoms with Crippen molar-refractivity contribution in [3.63, 3.8) is 0 Å². The zero-order valence-corrected chi connectivity index (χ0v) is 14.3. The highest BCUT2D eigenvalue weighted by molar-refractivity contribution is 6.25. The molecule has 4 nitrogen and oxygen atoms in total. The van der Waals surface area contributed by atoms with Crippen LogP contribution in [0.1, 0.15) is 47.5 Å². The monoisotopic (exact) mass is 312 g/mol. The molecule has 5 heteroatoms. The van der Waals surface area contributed by atoms with Gasteiger partial charge in [-0.1, -0.05) is 32.4 Å². The van der Waals surface area contributed by atoms with E-state index in [1.165, 1.54) is 5.54 Å². The largest absolute Gasteiger partial charge is 0.342 e. The number of rotatable bonds is 3. The molecule has 0 spiro atoms. The predicted octanol–water partition coefficient (Wildman–Crippen LogP) is 2.67. The van der Waals surface area contributed by atoms with Gasteiger partial charge in [0.05, 0.1) is 0 Å². The Kier molecular flexibility index (Phi) is 4.13. The summed E-state index contributed by atoms with van der Waals surface area (Å²) in [6, 6.07) is -0.486. The van der Waals surface area contributed by atoms with Gasteiger partial charge >= 0.3 is 0 Å². The fourth-order valence-electron chi connectivity index (χ4n) is 3.01. The molecular formula is C16H25ClN2O2. The van der Waals surface area contributed by atoms with Crippen LogP contribution >= 0.6 is 11.6 Å². The van der Waals surface area contributed by atoms with Crippen molar-refractivity contribution >= 4 is 23.4 Å². The SMILES string of the molecule is CC(=CCl)CN1C(=O)C(C(C)(C)C)NC(=O)C1(C)C1CC1. The second kappa shape index (κ2) is 5.31. The zero-order valence-electron chi connectivity index (χ0n) is 13.5. The first-order chi connectivity index (χ1) is 9.62. The number of hydrogen-bond acceptors (Lipinski definition) is 2. The molecular weight excluding hydrogens is 288 g/mol. The van der Waals surface area contributed by atoms with Crippen LogP contribution in [0.4, 0.5) is 0 Å². The molecule has 0 aromatic rings. The summed E-state index contributed by atoms with van der Waals surface area (Å²) >= 11 is 5.77. The van der Waals surface area contributed by atoms with Crippen LogP contribution in [0.25, 0.3) is 0 Å². The molecule has 1 N–H and O–H groups in total. The van der Waals surface area contributed by atoms with Gasteiger partial charge in [-0.05, 0) is 43.6 Å². The summed E-state index contributed by atoms with van der Waals surface area (Å²) in [7, 11) is 0. The van der Waals surface area contributed by atoms with Crippen molar-refractivity contribution in [2.45, 2.75) is 59.0 Å². The number of halogens is 1. The lowest BCUT2D eigenvalue weighted by molar-refractivity contribution is -0.160. The lowest BCUT2D eigenvalue weighted by atomic mass is 9.79. The van der Waals surface area contributed by atoms with E-state index in [1.807, 2.05) is 34.6 Å². The molecule has 0 radical (unpaired) electrons. The van der Waals surface area contributed by atoms with Crippen LogP contribution in [0.15, 0.2) is 11.1 Å². The second-order valence-electron chi connectivity index (χ2n) is 7.57. The molecule has 2 rings (SSSR count). The summed E-state index contributed by atoms with van der Waals surface area (Å²) in [5, 5.41) is 2.96. The van der Waals surface area contributed by atoms with E-state index >= 15 is 0 Å². The van der Waals surface area contributed by atoms with E-state index in [2.05, 4.69) is 5.32 Å². The zero-order chi connectivity index (χ0) is 16.0. The highest BCUT2D eigenvalue weighted by atomic mass is 35.5. The topological polar surface area (TPSA) is 49.4 Å². The highest BCUT2D eigenvalue weighted by Gasteiger charge is 2.58. The van der Waals surface area contributed by atoms with E-state index in [-0.39, 0.29) is 23.1 Å². The molecule has 1 aliphatic heterocycles. The van der Waals surface area contributed by atoms with Crippen LogP contribution in [-0.4, -0.2) is 34.8 Å². The fourth-order valence-corrected chi connectivity index (χ4v) is 3.08. The molecule has 1 saturated carbocycles. The molecule has 1 heterocycles. The predicted molar refractivity (Wildman–Crippen MR) is 83.8 cm³/mol. The van der Waals surface area contributed by atoms with Crippen molar-refractivity contribution in [2.75, 3.05) is 6.54 Å². The lowest BCUT2D eigenvalue weighted by Crippen LogP contribution is -2.72. The first-order valence-electron chi connectivity index (χ1n) is 7.50. The van der Waals surface area contributed by atoms with E-state index < -0.39 is 11.6 Å². The van der Waals surface area contributed by atoms with Crippen LogP contribution in [0.5, 0.6) is 0 Å². The van der Waals surface area contributed by atoms with Crippen molar-refractivity contribution in [3.05, 3.63) is 11.1 Å². The van der Waals surface area contributed by atoms with E-state index in [9.17, 15) is 9.59 Å². The van der Waals surface area contributed by atoms with Gasteiger partial charge in [-0.15, -0.1) is 0 Å². The minimum absolute atomic E-state index is 0.00522. The minimum Gasteiger partial charge on any atom is -0.342 e. The number of nitrogens with zero attached hydrogens (tertiary/aromatic N) is 1. The van der Waals surface area contributed by atoms with Gasteiger partial charge in [0.15, 0.2) is 0 Å². The number of carbonyl (C=O) groups is 2. The van der Waals surface area contributed by atoms with Gasteiger partial charge in [-0.3, -0.25) is 9.59 Å². The first-order valence-corrected chi connectivity index (χ1v) is 7.94. The fraction of sp³-hybridized carbons (Fsp3) is 0.750. The molecule has 2 fully saturated rings. The normalized spacial score (nSPS) is 31.4. The molecule has 118 valence electrons. The van der Waals surface area contributed by atoms with Crippen molar-refractivity contribution in [2.24, 2.45) is 11.3 Å². The smallest absolute Gasteiger partial charge is 0.246 e. The van der Waals surface area contributed by atoms with E-state index in [0.29, 0.717) is 6.54 Å². The molecule has 2 unspecified atom stereocenters. The standard InChI is InChI=1S/C16H25ClN2O2/c1-10(8-17)9-19-13(20)12(15(2,3)4)18-14(21)16(19,5)11-6-7-11/h8,11-12H,6-7,9H2,1-5H3,(H,18,21). The van der Waals surface area contributed by atoms with Crippen molar-refractivity contribution in [3.8, 4) is 0 Å². The third kappa shape index (κ3) is 2.83. The van der Waals surface area contributed by atoms with Gasteiger partial charge in [-0.25, -0.2) is 0 Å². The Labute approximate surface area is 131 Å². The molecule has 1 saturated heterocycles. The molecule has 0 bridgehead atoms. The summed E-state index contributed by atoms with van der Waals surface area (Å²) in [5.74, 6) is 0.215. The Morgan fingerprint density at radius 2 is 2.00 bits per heavy atom. The molecule has 0 aromatic carbocycles. The summed E-state index contributed by atoms with van der Waals surface area (Å²) in [6.07, 6.45) is 2.00. The van der Waals surface area contributed by atoms with Crippen molar-refractivity contribution < 1.29 is 9.59 Å². The Morgan fingerprint density at radius 3 is 2.43 bits per heavy atom. The third-order valence-corrected chi connectivity index (χ3v) is 5.01. The van der Waals surface area contributed by atoms with Crippen molar-refractivity contribution in [1.29, 1.82) is 0 Å². The molecule has 2 aliphatic rings. The van der Waals surface area contributed by atoms with E-state index in [1.54, 1.807) is 4.90 Å². The van der Waals surface area contributed by atoms with E-state index in [4.69, 9.17) is 11.6 Å². The van der Waals surface area contributed by atoms with Gasteiger partial charge in [0.25, 0.3) is 0 Å². The van der Waals surface area contributed by atoms with Gasteiger partial charge < -0.3 is 10.2 Å². The Bertz CT molecular complexity index is 491. The second-order valence-corrected chi connectivity index (χ2v) is 7.79. The van der Waals surface area contributed by atoms with Gasteiger partial charge in [-0.2, -0.15) is 0 Å². The molecule has 2 atom stereocenters. The lowest BCUT2D eigenvalue weighted by Gasteiger charge is -2.49. The average molecular weight is 313 g/mol. The average Bonchev–Trinajstić information content (AvgIpc) is 3.21. The first kappa shape index (κ1) is 16.3. The summed E-state index contributed by atoms with van der Waals surface area (Å²) in [6.45, 7) is 10.1. The molecule has 1 aliphatic carbocycles. The Morgan fingerprint density at radius 1 is 1.43 bits per heavy atom. The Hall–Kier alpha value is -1.03. The number of amides is 2. The maximum absolute atomic E-state index is 13.0. The highest BCUT2D eigenvalue weighted by Crippen LogP contribution is 2.46. The van der Waals surface area contributed by atoms with Crippen LogP contribution in [0.2, 0.25) is 0 Å². The minimum atomic E-state index is -0.750. The quantitative estimate of drug-likeness (QED) is 0.871. The third-order valence-electron chi connectivity index (χ3n) is 4.64. The van der Waals surface area contributed by atoms with E-state index in [0.717, 1.165) is 18.4 Å². The molecule has 0 aromatic heterocycles. The summed E-state index contributed by atoms with van der Waals surface area (Å²) < 4.78 is 0. The van der Waals surface area contributed by atoms with Gasteiger partial charge in [0.1, 0.15) is 11.6 Å². The number of carbonyl (C=O) groups excluding carboxylic acids is 2. The number of piperazine rings is 1. The molecule has 2 amide bonds. The van der Waals surface area contributed by atoms with Crippen LogP contribution in [0.3, 0.4) is 0 Å².